The van der Waals surface area contributed by atoms with Crippen LogP contribution in [-0.2, 0) is 6.54 Å². The van der Waals surface area contributed by atoms with E-state index in [0.29, 0.717) is 17.8 Å². The summed E-state index contributed by atoms with van der Waals surface area (Å²) in [6.07, 6.45) is 7.28. The number of benzene rings is 1. The van der Waals surface area contributed by atoms with E-state index in [-0.39, 0.29) is 5.75 Å². The van der Waals surface area contributed by atoms with Gasteiger partial charge in [0.25, 0.3) is 0 Å². The van der Waals surface area contributed by atoms with Crippen LogP contribution in [0.1, 0.15) is 58.1 Å². The van der Waals surface area contributed by atoms with E-state index in [2.05, 4.69) is 76.5 Å². The van der Waals surface area contributed by atoms with E-state index < -0.39 is 0 Å². The number of aromatic nitrogens is 1. The molecule has 2 aromatic rings. The summed E-state index contributed by atoms with van der Waals surface area (Å²) in [6.45, 7) is 16.7. The molecular weight excluding hydrogens is 466 g/mol. The molecule has 0 saturated carbocycles. The Morgan fingerprint density at radius 3 is 2.42 bits per heavy atom. The molecule has 3 rings (SSSR count). The molecule has 36 heavy (non-hydrogen) atoms. The third-order valence-corrected chi connectivity index (χ3v) is 7.47. The summed E-state index contributed by atoms with van der Waals surface area (Å²) < 4.78 is 3.14. The second-order valence-electron chi connectivity index (χ2n) is 9.81. The largest absolute Gasteiger partial charge is 0.504 e. The van der Waals surface area contributed by atoms with Gasteiger partial charge in [0, 0.05) is 44.5 Å². The fourth-order valence-corrected chi connectivity index (χ4v) is 4.93. The average molecular weight is 516 g/mol. The van der Waals surface area contributed by atoms with Gasteiger partial charge in [-0.05, 0) is 51.4 Å². The van der Waals surface area contributed by atoms with Crippen LogP contribution >= 0.6 is 11.9 Å². The standard InChI is InChI=1S/C27H43N5OS.C2H6/c1-6-21(2)19-32(27-26(33)17-24(18-28-27)29-34-5)16-15-30(4)25-11-13-31(14-12-25)20-23-9-7-22(3)8-10-23;1-2/h7-10,17-18,21,25,29,33H,6,11-16,19-20H2,1-5H3;1-2H3. The van der Waals surface area contributed by atoms with Crippen molar-refractivity contribution >= 4 is 23.5 Å². The maximum Gasteiger partial charge on any atom is 0.171 e. The molecule has 0 bridgehead atoms. The maximum atomic E-state index is 10.7. The van der Waals surface area contributed by atoms with Crippen LogP contribution in [0.2, 0.25) is 0 Å². The van der Waals surface area contributed by atoms with Crippen molar-refractivity contribution in [3.05, 3.63) is 47.7 Å². The Labute approximate surface area is 224 Å². The van der Waals surface area contributed by atoms with E-state index in [1.165, 1.54) is 35.9 Å². The predicted molar refractivity (Wildman–Crippen MR) is 158 cm³/mol. The van der Waals surface area contributed by atoms with Crippen molar-refractivity contribution in [3.8, 4) is 5.75 Å². The molecular formula is C29H49N5OS. The van der Waals surface area contributed by atoms with Crippen molar-refractivity contribution in [1.29, 1.82) is 0 Å². The number of pyridine rings is 1. The quantitative estimate of drug-likeness (QED) is 0.324. The van der Waals surface area contributed by atoms with Crippen LogP contribution in [-0.4, -0.2) is 72.0 Å². The van der Waals surface area contributed by atoms with Gasteiger partial charge in [-0.15, -0.1) is 0 Å². The zero-order chi connectivity index (χ0) is 26.5. The van der Waals surface area contributed by atoms with Crippen LogP contribution in [0.5, 0.6) is 5.75 Å². The minimum atomic E-state index is 0.245. The van der Waals surface area contributed by atoms with Crippen LogP contribution in [0, 0.1) is 12.8 Å². The van der Waals surface area contributed by atoms with Gasteiger partial charge in [0.05, 0.1) is 11.9 Å². The SMILES string of the molecule is CC.CCC(C)CN(CCN(C)C1CCN(Cc2ccc(C)cc2)CC1)c1ncc(NSC)cc1O. The molecule has 1 aromatic carbocycles. The zero-order valence-corrected chi connectivity index (χ0v) is 24.4. The molecule has 202 valence electrons. The number of likely N-dealkylation sites (N-methyl/N-ethyl adjacent to an activating group) is 1. The topological polar surface area (TPSA) is 54.9 Å². The summed E-state index contributed by atoms with van der Waals surface area (Å²) in [5.74, 6) is 1.48. The molecule has 1 atom stereocenters. The number of aryl methyl sites for hydroxylation is 1. The Kier molecular flexibility index (Phi) is 13.5. The molecule has 1 aromatic heterocycles. The number of nitrogens with one attached hydrogen (secondary N) is 1. The van der Waals surface area contributed by atoms with Crippen molar-refractivity contribution in [3.63, 3.8) is 0 Å². The van der Waals surface area contributed by atoms with E-state index in [1.807, 2.05) is 26.3 Å². The van der Waals surface area contributed by atoms with Crippen molar-refractivity contribution in [2.75, 3.05) is 55.6 Å². The summed E-state index contributed by atoms with van der Waals surface area (Å²) >= 11 is 1.50. The first-order valence-electron chi connectivity index (χ1n) is 13.6. The van der Waals surface area contributed by atoms with Gasteiger partial charge in [-0.3, -0.25) is 4.90 Å². The highest BCUT2D eigenvalue weighted by Crippen LogP contribution is 2.29. The second kappa shape index (κ2) is 16.0. The summed E-state index contributed by atoms with van der Waals surface area (Å²) in [5, 5.41) is 10.7. The van der Waals surface area contributed by atoms with E-state index >= 15 is 0 Å². The second-order valence-corrected chi connectivity index (χ2v) is 10.4. The van der Waals surface area contributed by atoms with Crippen molar-refractivity contribution in [1.82, 2.24) is 14.8 Å². The molecule has 1 fully saturated rings. The first-order valence-corrected chi connectivity index (χ1v) is 14.8. The van der Waals surface area contributed by atoms with Crippen molar-refractivity contribution in [2.24, 2.45) is 5.92 Å². The molecule has 1 aliphatic rings. The average Bonchev–Trinajstić information content (AvgIpc) is 2.89. The van der Waals surface area contributed by atoms with Gasteiger partial charge in [-0.1, -0.05) is 75.9 Å². The minimum Gasteiger partial charge on any atom is -0.504 e. The Morgan fingerprint density at radius 1 is 1.17 bits per heavy atom. The molecule has 1 aliphatic heterocycles. The third-order valence-electron chi connectivity index (χ3n) is 7.03. The normalized spacial score (nSPS) is 15.3. The molecule has 0 spiro atoms. The van der Waals surface area contributed by atoms with Gasteiger partial charge < -0.3 is 19.6 Å². The molecule has 2 heterocycles. The van der Waals surface area contributed by atoms with E-state index in [9.17, 15) is 5.11 Å². The number of piperidine rings is 1. The summed E-state index contributed by atoms with van der Waals surface area (Å²) in [6, 6.07) is 11.3. The first kappa shape index (κ1) is 30.3. The molecule has 2 N–H and O–H groups in total. The van der Waals surface area contributed by atoms with Crippen LogP contribution in [0.3, 0.4) is 0 Å². The van der Waals surface area contributed by atoms with Crippen molar-refractivity contribution < 1.29 is 5.11 Å². The number of likely N-dealkylation sites (tertiary alicyclic amines) is 1. The smallest absolute Gasteiger partial charge is 0.171 e. The fraction of sp³-hybridized carbons (Fsp3) is 0.621. The number of nitrogens with zero attached hydrogens (tertiary/aromatic N) is 4. The number of aromatic hydroxyl groups is 1. The Hall–Kier alpha value is -1.96. The van der Waals surface area contributed by atoms with Gasteiger partial charge in [0.1, 0.15) is 0 Å². The number of rotatable bonds is 12. The van der Waals surface area contributed by atoms with E-state index in [0.717, 1.165) is 51.4 Å². The van der Waals surface area contributed by atoms with Gasteiger partial charge in [0.15, 0.2) is 11.6 Å². The first-order chi connectivity index (χ1) is 17.4. The van der Waals surface area contributed by atoms with E-state index in [1.54, 1.807) is 6.07 Å². The highest BCUT2D eigenvalue weighted by Gasteiger charge is 2.24. The zero-order valence-electron chi connectivity index (χ0n) is 23.6. The molecule has 7 heteroatoms. The molecule has 0 amide bonds. The van der Waals surface area contributed by atoms with Gasteiger partial charge in [-0.2, -0.15) is 0 Å². The van der Waals surface area contributed by atoms with Crippen LogP contribution in [0.25, 0.3) is 0 Å². The van der Waals surface area contributed by atoms with Gasteiger partial charge in [0.2, 0.25) is 0 Å². The maximum absolute atomic E-state index is 10.7. The Morgan fingerprint density at radius 2 is 1.83 bits per heavy atom. The molecule has 0 radical (unpaired) electrons. The third kappa shape index (κ3) is 9.49. The number of hydrogen-bond donors (Lipinski definition) is 2. The van der Waals surface area contributed by atoms with Gasteiger partial charge in [-0.25, -0.2) is 4.98 Å². The van der Waals surface area contributed by atoms with E-state index in [4.69, 9.17) is 0 Å². The highest BCUT2D eigenvalue weighted by atomic mass is 32.2. The number of hydrogen-bond acceptors (Lipinski definition) is 7. The lowest BCUT2D eigenvalue weighted by Crippen LogP contribution is -2.45. The molecule has 1 unspecified atom stereocenters. The summed E-state index contributed by atoms with van der Waals surface area (Å²) in [5.41, 5.74) is 3.55. The molecule has 1 saturated heterocycles. The molecule has 6 nitrogen and oxygen atoms in total. The summed E-state index contributed by atoms with van der Waals surface area (Å²) in [4.78, 5) is 12.0. The lowest BCUT2D eigenvalue weighted by atomic mass is 10.0. The Balaban J connectivity index is 0.00000222. The highest BCUT2D eigenvalue weighted by molar-refractivity contribution is 7.99. The Bertz CT molecular complexity index is 870. The lowest BCUT2D eigenvalue weighted by molar-refractivity contribution is 0.125. The molecule has 0 aliphatic carbocycles. The number of anilines is 2. The van der Waals surface area contributed by atoms with Crippen LogP contribution < -0.4 is 9.62 Å². The van der Waals surface area contributed by atoms with Crippen LogP contribution in [0.4, 0.5) is 11.5 Å². The summed E-state index contributed by atoms with van der Waals surface area (Å²) in [7, 11) is 2.25. The van der Waals surface area contributed by atoms with Crippen LogP contribution in [0.15, 0.2) is 36.5 Å². The predicted octanol–water partition coefficient (Wildman–Crippen LogP) is 6.26. The lowest BCUT2D eigenvalue weighted by Gasteiger charge is -2.38. The van der Waals surface area contributed by atoms with Gasteiger partial charge >= 0.3 is 0 Å². The minimum absolute atomic E-state index is 0.245. The monoisotopic (exact) mass is 515 g/mol. The fourth-order valence-electron chi connectivity index (χ4n) is 4.58. The van der Waals surface area contributed by atoms with Crippen molar-refractivity contribution in [2.45, 2.75) is 66.5 Å².